The molecule has 0 unspecified atom stereocenters. The largest absolute Gasteiger partial charge is 0.493 e. The Morgan fingerprint density at radius 1 is 1.06 bits per heavy atom. The fourth-order valence-corrected chi connectivity index (χ4v) is 4.10. The number of carbonyl (C=O) groups excluding carboxylic acids is 2. The Hall–Kier alpha value is -3.92. The van der Waals surface area contributed by atoms with Crippen molar-refractivity contribution in [3.8, 4) is 22.9 Å². The van der Waals surface area contributed by atoms with E-state index in [2.05, 4.69) is 20.4 Å². The maximum absolute atomic E-state index is 12.7. The van der Waals surface area contributed by atoms with Crippen molar-refractivity contribution in [1.82, 2.24) is 15.0 Å². The molecule has 0 atom stereocenters. The summed E-state index contributed by atoms with van der Waals surface area (Å²) in [6, 6.07) is 12.2. The number of amides is 1. The van der Waals surface area contributed by atoms with Gasteiger partial charge in [-0.1, -0.05) is 5.16 Å². The summed E-state index contributed by atoms with van der Waals surface area (Å²) in [5, 5.41) is 7.04. The first-order chi connectivity index (χ1) is 17.5. The number of benzene rings is 2. The van der Waals surface area contributed by atoms with E-state index in [1.54, 1.807) is 51.5 Å². The molecule has 10 nitrogen and oxygen atoms in total. The van der Waals surface area contributed by atoms with Gasteiger partial charge >= 0.3 is 5.97 Å². The summed E-state index contributed by atoms with van der Waals surface area (Å²) in [6.45, 7) is 4.09. The van der Waals surface area contributed by atoms with Crippen LogP contribution in [0.25, 0.3) is 11.4 Å². The lowest BCUT2D eigenvalue weighted by Crippen LogP contribution is -2.37. The van der Waals surface area contributed by atoms with Crippen molar-refractivity contribution in [2.75, 3.05) is 39.2 Å². The van der Waals surface area contributed by atoms with E-state index in [1.165, 1.54) is 0 Å². The Bertz CT molecular complexity index is 1190. The molecule has 0 aliphatic carbocycles. The predicted molar refractivity (Wildman–Crippen MR) is 132 cm³/mol. The lowest BCUT2D eigenvalue weighted by molar-refractivity contribution is -0.121. The molecule has 10 heteroatoms. The third kappa shape index (κ3) is 6.01. The number of anilines is 1. The van der Waals surface area contributed by atoms with Crippen LogP contribution in [0.2, 0.25) is 0 Å². The van der Waals surface area contributed by atoms with E-state index in [9.17, 15) is 9.59 Å². The van der Waals surface area contributed by atoms with Gasteiger partial charge in [-0.2, -0.15) is 4.98 Å². The number of hydrogen-bond donors (Lipinski definition) is 1. The molecule has 1 fully saturated rings. The van der Waals surface area contributed by atoms with Gasteiger partial charge in [0.25, 0.3) is 0 Å². The highest BCUT2D eigenvalue weighted by molar-refractivity contribution is 5.94. The molecule has 0 bridgehead atoms. The van der Waals surface area contributed by atoms with Crippen LogP contribution in [0.4, 0.5) is 5.69 Å². The molecule has 1 aliphatic heterocycles. The topological polar surface area (TPSA) is 116 Å². The van der Waals surface area contributed by atoms with E-state index in [-0.39, 0.29) is 17.8 Å². The van der Waals surface area contributed by atoms with Gasteiger partial charge in [0.2, 0.25) is 17.6 Å². The zero-order valence-electron chi connectivity index (χ0n) is 20.7. The van der Waals surface area contributed by atoms with Crippen LogP contribution in [0.1, 0.15) is 36.0 Å². The van der Waals surface area contributed by atoms with Crippen LogP contribution in [0.3, 0.4) is 0 Å². The molecule has 2 heterocycles. The number of esters is 1. The zero-order valence-corrected chi connectivity index (χ0v) is 20.7. The summed E-state index contributed by atoms with van der Waals surface area (Å²) in [7, 11) is 3.16. The highest BCUT2D eigenvalue weighted by atomic mass is 16.5. The van der Waals surface area contributed by atoms with Crippen molar-refractivity contribution in [2.45, 2.75) is 26.3 Å². The molecule has 0 radical (unpaired) electrons. The molecule has 4 rings (SSSR count). The first-order valence-electron chi connectivity index (χ1n) is 11.9. The zero-order chi connectivity index (χ0) is 25.5. The summed E-state index contributed by atoms with van der Waals surface area (Å²) in [4.78, 5) is 31.2. The molecule has 1 amide bonds. The van der Waals surface area contributed by atoms with Gasteiger partial charge in [-0.25, -0.2) is 4.79 Å². The minimum absolute atomic E-state index is 0.0212. The van der Waals surface area contributed by atoms with Crippen LogP contribution in [0.5, 0.6) is 11.5 Å². The number of aromatic nitrogens is 2. The molecular formula is C26H30N4O6. The number of carbonyl (C=O) groups is 2. The number of likely N-dealkylation sites (tertiary alicyclic amines) is 1. The van der Waals surface area contributed by atoms with Gasteiger partial charge in [0.05, 0.1) is 32.9 Å². The second-order valence-corrected chi connectivity index (χ2v) is 8.42. The van der Waals surface area contributed by atoms with Gasteiger partial charge in [-0.15, -0.1) is 0 Å². The Morgan fingerprint density at radius 2 is 1.78 bits per heavy atom. The molecule has 1 saturated heterocycles. The van der Waals surface area contributed by atoms with Crippen LogP contribution in [0.15, 0.2) is 47.0 Å². The molecular weight excluding hydrogens is 464 g/mol. The van der Waals surface area contributed by atoms with Crippen molar-refractivity contribution >= 4 is 17.6 Å². The van der Waals surface area contributed by atoms with Crippen LogP contribution >= 0.6 is 0 Å². The molecule has 2 aromatic carbocycles. The Morgan fingerprint density at radius 3 is 2.44 bits per heavy atom. The monoisotopic (exact) mass is 494 g/mol. The van der Waals surface area contributed by atoms with E-state index in [0.717, 1.165) is 31.5 Å². The van der Waals surface area contributed by atoms with Crippen LogP contribution in [-0.4, -0.2) is 60.8 Å². The summed E-state index contributed by atoms with van der Waals surface area (Å²) >= 11 is 0. The number of ether oxygens (including phenoxy) is 3. The van der Waals surface area contributed by atoms with E-state index >= 15 is 0 Å². The second kappa shape index (κ2) is 11.7. The van der Waals surface area contributed by atoms with Crippen molar-refractivity contribution in [3.63, 3.8) is 0 Å². The number of hydrogen-bond acceptors (Lipinski definition) is 9. The Kier molecular flexibility index (Phi) is 8.17. The lowest BCUT2D eigenvalue weighted by atomic mass is 9.96. The normalized spacial score (nSPS) is 14.3. The minimum atomic E-state index is -0.375. The van der Waals surface area contributed by atoms with Gasteiger partial charge < -0.3 is 24.1 Å². The first-order valence-corrected chi connectivity index (χ1v) is 11.9. The molecule has 0 spiro atoms. The number of methoxy groups -OCH3 is 2. The quantitative estimate of drug-likeness (QED) is 0.444. The van der Waals surface area contributed by atoms with Crippen LogP contribution in [0, 0.1) is 5.92 Å². The fraction of sp³-hybridized carbons (Fsp3) is 0.385. The fourth-order valence-electron chi connectivity index (χ4n) is 4.10. The second-order valence-electron chi connectivity index (χ2n) is 8.42. The summed E-state index contributed by atoms with van der Waals surface area (Å²) in [5.74, 6) is 1.74. The standard InChI is InChI=1S/C26H30N4O6/c1-4-35-26(32)18-5-8-20(9-6-18)27-25(31)17-11-13-30(14-12-17)16-23-28-24(29-36-23)19-7-10-21(33-2)22(15-19)34-3/h5-10,15,17H,4,11-14,16H2,1-3H3,(H,27,31). The van der Waals surface area contributed by atoms with Crippen molar-refractivity contribution in [2.24, 2.45) is 5.92 Å². The number of nitrogens with zero attached hydrogens (tertiary/aromatic N) is 3. The maximum Gasteiger partial charge on any atom is 0.338 e. The Balaban J connectivity index is 1.27. The van der Waals surface area contributed by atoms with Gasteiger partial charge in [0, 0.05) is 17.2 Å². The third-order valence-electron chi connectivity index (χ3n) is 6.09. The summed E-state index contributed by atoms with van der Waals surface area (Å²) in [6.07, 6.45) is 1.45. The van der Waals surface area contributed by atoms with Gasteiger partial charge in [-0.05, 0) is 75.3 Å². The molecule has 3 aromatic rings. The molecule has 1 N–H and O–H groups in total. The van der Waals surface area contributed by atoms with Crippen molar-refractivity contribution in [3.05, 3.63) is 53.9 Å². The maximum atomic E-state index is 12.7. The van der Waals surface area contributed by atoms with E-state index in [0.29, 0.717) is 47.6 Å². The number of rotatable bonds is 9. The smallest absolute Gasteiger partial charge is 0.338 e. The first kappa shape index (κ1) is 25.2. The number of piperidine rings is 1. The lowest BCUT2D eigenvalue weighted by Gasteiger charge is -2.30. The summed E-state index contributed by atoms with van der Waals surface area (Å²) < 4.78 is 21.1. The molecule has 1 aromatic heterocycles. The van der Waals surface area contributed by atoms with Gasteiger partial charge in [-0.3, -0.25) is 9.69 Å². The average Bonchev–Trinajstić information content (AvgIpc) is 3.37. The van der Waals surface area contributed by atoms with Crippen LogP contribution < -0.4 is 14.8 Å². The summed E-state index contributed by atoms with van der Waals surface area (Å²) in [5.41, 5.74) is 1.89. The number of nitrogens with one attached hydrogen (secondary N) is 1. The predicted octanol–water partition coefficient (Wildman–Crippen LogP) is 3.78. The highest BCUT2D eigenvalue weighted by Crippen LogP contribution is 2.31. The van der Waals surface area contributed by atoms with E-state index in [1.807, 2.05) is 12.1 Å². The molecule has 0 saturated carbocycles. The molecule has 190 valence electrons. The minimum Gasteiger partial charge on any atom is -0.493 e. The van der Waals surface area contributed by atoms with Gasteiger partial charge in [0.15, 0.2) is 11.5 Å². The Labute approximate surface area is 209 Å². The van der Waals surface area contributed by atoms with Crippen LogP contribution in [-0.2, 0) is 16.1 Å². The highest BCUT2D eigenvalue weighted by Gasteiger charge is 2.26. The molecule has 36 heavy (non-hydrogen) atoms. The van der Waals surface area contributed by atoms with Crippen molar-refractivity contribution < 1.29 is 28.3 Å². The van der Waals surface area contributed by atoms with E-state index in [4.69, 9.17) is 18.7 Å². The molecule has 1 aliphatic rings. The third-order valence-corrected chi connectivity index (χ3v) is 6.09. The SMILES string of the molecule is CCOC(=O)c1ccc(NC(=O)C2CCN(Cc3nc(-c4ccc(OC)c(OC)c4)no3)CC2)cc1. The van der Waals surface area contributed by atoms with Gasteiger partial charge in [0.1, 0.15) is 0 Å². The van der Waals surface area contributed by atoms with E-state index < -0.39 is 0 Å². The average molecular weight is 495 g/mol. The van der Waals surface area contributed by atoms with Crippen molar-refractivity contribution in [1.29, 1.82) is 0 Å².